The third-order valence-corrected chi connectivity index (χ3v) is 3.93. The van der Waals surface area contributed by atoms with Gasteiger partial charge in [0.15, 0.2) is 11.5 Å². The monoisotopic (exact) mass is 276 g/mol. The molecule has 1 saturated heterocycles. The zero-order chi connectivity index (χ0) is 14.0. The van der Waals surface area contributed by atoms with Gasteiger partial charge in [0.2, 0.25) is 5.91 Å². The highest BCUT2D eigenvalue weighted by Crippen LogP contribution is 2.30. The molecule has 0 saturated carbocycles. The van der Waals surface area contributed by atoms with E-state index < -0.39 is 5.54 Å². The lowest BCUT2D eigenvalue weighted by Crippen LogP contribution is -2.53. The van der Waals surface area contributed by atoms with Gasteiger partial charge in [0.1, 0.15) is 12.7 Å². The van der Waals surface area contributed by atoms with E-state index in [-0.39, 0.29) is 12.0 Å². The van der Waals surface area contributed by atoms with Gasteiger partial charge in [-0.15, -0.1) is 0 Å². The number of carbonyl (C=O) groups excluding carboxylic acids is 1. The molecule has 20 heavy (non-hydrogen) atoms. The van der Waals surface area contributed by atoms with Crippen LogP contribution in [0.3, 0.4) is 0 Å². The molecule has 0 spiro atoms. The highest BCUT2D eigenvalue weighted by atomic mass is 16.6. The minimum Gasteiger partial charge on any atom is -0.486 e. The lowest BCUT2D eigenvalue weighted by atomic mass is 9.99. The van der Waals surface area contributed by atoms with Crippen molar-refractivity contribution in [3.05, 3.63) is 24.3 Å². The lowest BCUT2D eigenvalue weighted by Gasteiger charge is -2.28. The van der Waals surface area contributed by atoms with Crippen LogP contribution >= 0.6 is 0 Å². The Morgan fingerprint density at radius 2 is 2.25 bits per heavy atom. The summed E-state index contributed by atoms with van der Waals surface area (Å²) in [5.74, 6) is 1.54. The van der Waals surface area contributed by atoms with Crippen molar-refractivity contribution < 1.29 is 14.3 Å². The summed E-state index contributed by atoms with van der Waals surface area (Å²) in [6, 6.07) is 7.58. The standard InChI is InChI=1S/C15H20N2O3/c1-15(7-4-8-17-15)14(18)16-9-11-10-19-12-5-2-3-6-13(12)20-11/h2-3,5-6,11,17H,4,7-10H2,1H3,(H,16,18). The van der Waals surface area contributed by atoms with Gasteiger partial charge in [-0.1, -0.05) is 12.1 Å². The van der Waals surface area contributed by atoms with Crippen LogP contribution in [-0.4, -0.2) is 37.2 Å². The first-order valence-electron chi connectivity index (χ1n) is 7.09. The molecule has 2 aliphatic rings. The van der Waals surface area contributed by atoms with E-state index in [2.05, 4.69) is 10.6 Å². The summed E-state index contributed by atoms with van der Waals surface area (Å²) in [7, 11) is 0. The summed E-state index contributed by atoms with van der Waals surface area (Å²) < 4.78 is 11.4. The Labute approximate surface area is 118 Å². The van der Waals surface area contributed by atoms with Gasteiger partial charge in [0.05, 0.1) is 12.1 Å². The Hall–Kier alpha value is -1.75. The SMILES string of the molecule is CC1(C(=O)NCC2COc3ccccc3O2)CCCN1. The zero-order valence-corrected chi connectivity index (χ0v) is 11.6. The van der Waals surface area contributed by atoms with Gasteiger partial charge in [0, 0.05) is 0 Å². The van der Waals surface area contributed by atoms with E-state index in [1.54, 1.807) is 0 Å². The number of benzene rings is 1. The molecule has 0 bridgehead atoms. The van der Waals surface area contributed by atoms with Crippen molar-refractivity contribution >= 4 is 5.91 Å². The topological polar surface area (TPSA) is 59.6 Å². The van der Waals surface area contributed by atoms with Gasteiger partial charge in [0.25, 0.3) is 0 Å². The quantitative estimate of drug-likeness (QED) is 0.867. The van der Waals surface area contributed by atoms with Crippen molar-refractivity contribution in [3.8, 4) is 11.5 Å². The predicted octanol–water partition coefficient (Wildman–Crippen LogP) is 1.08. The van der Waals surface area contributed by atoms with Gasteiger partial charge < -0.3 is 20.1 Å². The van der Waals surface area contributed by atoms with E-state index in [0.717, 1.165) is 30.9 Å². The first-order chi connectivity index (χ1) is 9.67. The molecule has 2 unspecified atom stereocenters. The molecule has 2 aliphatic heterocycles. The highest BCUT2D eigenvalue weighted by Gasteiger charge is 2.36. The molecule has 1 aromatic rings. The average molecular weight is 276 g/mol. The number of rotatable bonds is 3. The summed E-state index contributed by atoms with van der Waals surface area (Å²) in [5, 5.41) is 6.21. The largest absolute Gasteiger partial charge is 0.486 e. The zero-order valence-electron chi connectivity index (χ0n) is 11.6. The van der Waals surface area contributed by atoms with Crippen LogP contribution in [0.5, 0.6) is 11.5 Å². The maximum Gasteiger partial charge on any atom is 0.240 e. The minimum absolute atomic E-state index is 0.0393. The molecular weight excluding hydrogens is 256 g/mol. The number of nitrogens with one attached hydrogen (secondary N) is 2. The number of hydrogen-bond donors (Lipinski definition) is 2. The summed E-state index contributed by atoms with van der Waals surface area (Å²) in [4.78, 5) is 12.2. The second kappa shape index (κ2) is 5.32. The summed E-state index contributed by atoms with van der Waals surface area (Å²) in [6.45, 7) is 3.77. The number of hydrogen-bond acceptors (Lipinski definition) is 4. The lowest BCUT2D eigenvalue weighted by molar-refractivity contribution is -0.127. The van der Waals surface area contributed by atoms with Crippen molar-refractivity contribution in [2.75, 3.05) is 19.7 Å². The van der Waals surface area contributed by atoms with Crippen molar-refractivity contribution in [1.82, 2.24) is 10.6 Å². The van der Waals surface area contributed by atoms with Crippen molar-refractivity contribution in [3.63, 3.8) is 0 Å². The van der Waals surface area contributed by atoms with Crippen LogP contribution in [0.15, 0.2) is 24.3 Å². The molecule has 2 N–H and O–H groups in total. The first-order valence-corrected chi connectivity index (χ1v) is 7.09. The molecule has 0 aromatic heterocycles. The Kier molecular flexibility index (Phi) is 3.53. The smallest absolute Gasteiger partial charge is 0.240 e. The molecule has 1 aromatic carbocycles. The summed E-state index contributed by atoms with van der Waals surface area (Å²) >= 11 is 0. The van der Waals surface area contributed by atoms with Gasteiger partial charge in [-0.25, -0.2) is 0 Å². The number of ether oxygens (including phenoxy) is 2. The van der Waals surface area contributed by atoms with Crippen LogP contribution in [0.2, 0.25) is 0 Å². The summed E-state index contributed by atoms with van der Waals surface area (Å²) in [6.07, 6.45) is 1.78. The molecule has 0 aliphatic carbocycles. The van der Waals surface area contributed by atoms with Crippen LogP contribution in [0.1, 0.15) is 19.8 Å². The second-order valence-electron chi connectivity index (χ2n) is 5.57. The second-order valence-corrected chi connectivity index (χ2v) is 5.57. The van der Waals surface area contributed by atoms with Gasteiger partial charge >= 0.3 is 0 Å². The average Bonchev–Trinajstić information content (AvgIpc) is 2.92. The maximum absolute atomic E-state index is 12.2. The Bertz CT molecular complexity index is 498. The summed E-state index contributed by atoms with van der Waals surface area (Å²) in [5.41, 5.74) is -0.437. The van der Waals surface area contributed by atoms with Crippen LogP contribution in [0, 0.1) is 0 Å². The van der Waals surface area contributed by atoms with E-state index in [1.807, 2.05) is 31.2 Å². The molecular formula is C15H20N2O3. The Balaban J connectivity index is 1.54. The van der Waals surface area contributed by atoms with Crippen LogP contribution in [-0.2, 0) is 4.79 Å². The molecule has 5 heteroatoms. The third kappa shape index (κ3) is 2.58. The number of fused-ring (bicyclic) bond motifs is 1. The Morgan fingerprint density at radius 1 is 1.45 bits per heavy atom. The number of carbonyl (C=O) groups is 1. The fourth-order valence-electron chi connectivity index (χ4n) is 2.65. The Morgan fingerprint density at radius 3 is 3.00 bits per heavy atom. The molecule has 5 nitrogen and oxygen atoms in total. The minimum atomic E-state index is -0.437. The molecule has 1 fully saturated rings. The maximum atomic E-state index is 12.2. The fourth-order valence-corrected chi connectivity index (χ4v) is 2.65. The van der Waals surface area contributed by atoms with Crippen LogP contribution in [0.4, 0.5) is 0 Å². The molecule has 0 radical (unpaired) electrons. The van der Waals surface area contributed by atoms with E-state index in [9.17, 15) is 4.79 Å². The van der Waals surface area contributed by atoms with E-state index >= 15 is 0 Å². The van der Waals surface area contributed by atoms with Crippen molar-refractivity contribution in [1.29, 1.82) is 0 Å². The van der Waals surface area contributed by atoms with E-state index in [4.69, 9.17) is 9.47 Å². The number of amides is 1. The van der Waals surface area contributed by atoms with Gasteiger partial charge in [-0.3, -0.25) is 4.79 Å². The molecule has 3 rings (SSSR count). The van der Waals surface area contributed by atoms with Crippen LogP contribution in [0.25, 0.3) is 0 Å². The fraction of sp³-hybridized carbons (Fsp3) is 0.533. The van der Waals surface area contributed by atoms with Gasteiger partial charge in [-0.2, -0.15) is 0 Å². The predicted molar refractivity (Wildman–Crippen MR) is 75.0 cm³/mol. The third-order valence-electron chi connectivity index (χ3n) is 3.93. The molecule has 2 heterocycles. The first kappa shape index (κ1) is 13.2. The highest BCUT2D eigenvalue weighted by molar-refractivity contribution is 5.86. The van der Waals surface area contributed by atoms with E-state index in [1.165, 1.54) is 0 Å². The van der Waals surface area contributed by atoms with Crippen LogP contribution < -0.4 is 20.1 Å². The van der Waals surface area contributed by atoms with Crippen molar-refractivity contribution in [2.24, 2.45) is 0 Å². The molecule has 2 atom stereocenters. The number of para-hydroxylation sites is 2. The van der Waals surface area contributed by atoms with Gasteiger partial charge in [-0.05, 0) is 38.4 Å². The van der Waals surface area contributed by atoms with Crippen molar-refractivity contribution in [2.45, 2.75) is 31.4 Å². The van der Waals surface area contributed by atoms with E-state index in [0.29, 0.717) is 13.2 Å². The normalized spacial score (nSPS) is 28.1. The molecule has 1 amide bonds. The molecule has 108 valence electrons.